The average molecular weight is 405 g/mol. The molecule has 7 heteroatoms. The summed E-state index contributed by atoms with van der Waals surface area (Å²) in [5.41, 5.74) is 0.374. The Bertz CT molecular complexity index is 1110. The highest BCUT2D eigenvalue weighted by Crippen LogP contribution is 2.44. The molecule has 2 heterocycles. The average Bonchev–Trinajstić information content (AvgIpc) is 3.36. The van der Waals surface area contributed by atoms with E-state index in [1.54, 1.807) is 48.5 Å². The molecule has 2 aromatic carbocycles. The molecule has 2 N–H and O–H groups in total. The lowest BCUT2D eigenvalue weighted by atomic mass is 9.99. The van der Waals surface area contributed by atoms with Crippen LogP contribution >= 0.6 is 0 Å². The first-order valence-electron chi connectivity index (χ1n) is 9.38. The van der Waals surface area contributed by atoms with E-state index in [1.807, 2.05) is 6.92 Å². The Hall–Kier alpha value is -4.00. The number of hydrogen-bond acceptors (Lipinski definition) is 6. The molecular formula is C23H19NO6. The third-order valence-corrected chi connectivity index (χ3v) is 4.84. The Balaban J connectivity index is 1.87. The van der Waals surface area contributed by atoms with E-state index in [1.165, 1.54) is 18.4 Å². The van der Waals surface area contributed by atoms with Crippen molar-refractivity contribution in [3.05, 3.63) is 83.8 Å². The monoisotopic (exact) mass is 405 g/mol. The van der Waals surface area contributed by atoms with Gasteiger partial charge in [0.1, 0.15) is 29.1 Å². The predicted octanol–water partition coefficient (Wildman–Crippen LogP) is 4.01. The largest absolute Gasteiger partial charge is 0.507 e. The molecule has 0 saturated carbocycles. The Kier molecular flexibility index (Phi) is 5.02. The van der Waals surface area contributed by atoms with Gasteiger partial charge in [-0.05, 0) is 55.5 Å². The lowest BCUT2D eigenvalue weighted by molar-refractivity contribution is -0.132. The molecule has 4 rings (SSSR count). The highest BCUT2D eigenvalue weighted by atomic mass is 16.5. The summed E-state index contributed by atoms with van der Waals surface area (Å²) >= 11 is 0. The first-order chi connectivity index (χ1) is 14.5. The minimum atomic E-state index is -1.03. The van der Waals surface area contributed by atoms with Crippen LogP contribution in [0.1, 0.15) is 24.3 Å². The molecule has 152 valence electrons. The number of phenolic OH excluding ortho intramolecular Hbond substituents is 1. The zero-order chi connectivity index (χ0) is 21.3. The molecule has 1 aliphatic rings. The van der Waals surface area contributed by atoms with Crippen molar-refractivity contribution in [2.75, 3.05) is 11.5 Å². The molecule has 3 aromatic rings. The number of ketones is 1. The number of amides is 1. The number of benzene rings is 2. The van der Waals surface area contributed by atoms with E-state index in [0.29, 0.717) is 17.9 Å². The van der Waals surface area contributed by atoms with E-state index in [-0.39, 0.29) is 28.5 Å². The summed E-state index contributed by atoms with van der Waals surface area (Å²) < 4.78 is 10.9. The maximum Gasteiger partial charge on any atom is 0.300 e. The summed E-state index contributed by atoms with van der Waals surface area (Å²) in [4.78, 5) is 27.0. The van der Waals surface area contributed by atoms with Crippen molar-refractivity contribution in [2.24, 2.45) is 0 Å². The van der Waals surface area contributed by atoms with Gasteiger partial charge in [-0.3, -0.25) is 14.5 Å². The van der Waals surface area contributed by atoms with Crippen LogP contribution in [0.5, 0.6) is 11.5 Å². The van der Waals surface area contributed by atoms with Gasteiger partial charge in [-0.15, -0.1) is 0 Å². The van der Waals surface area contributed by atoms with Crippen molar-refractivity contribution < 1.29 is 29.0 Å². The summed E-state index contributed by atoms with van der Waals surface area (Å²) in [5.74, 6) is -1.35. The van der Waals surface area contributed by atoms with Gasteiger partial charge in [-0.25, -0.2) is 0 Å². The van der Waals surface area contributed by atoms with Gasteiger partial charge in [0.05, 0.1) is 24.1 Å². The van der Waals surface area contributed by atoms with Gasteiger partial charge in [0, 0.05) is 5.56 Å². The Labute approximate surface area is 172 Å². The number of aliphatic hydroxyl groups excluding tert-OH is 1. The molecule has 1 unspecified atom stereocenters. The minimum Gasteiger partial charge on any atom is -0.507 e. The molecule has 1 aliphatic heterocycles. The molecule has 0 spiro atoms. The summed E-state index contributed by atoms with van der Waals surface area (Å²) in [6, 6.07) is 14.9. The van der Waals surface area contributed by atoms with Gasteiger partial charge in [-0.1, -0.05) is 12.1 Å². The highest BCUT2D eigenvalue weighted by molar-refractivity contribution is 6.51. The number of rotatable bonds is 5. The Morgan fingerprint density at radius 3 is 2.43 bits per heavy atom. The number of phenols is 1. The number of aromatic hydroxyl groups is 1. The first kappa shape index (κ1) is 19.3. The van der Waals surface area contributed by atoms with Crippen LogP contribution in [0.3, 0.4) is 0 Å². The third kappa shape index (κ3) is 3.20. The molecule has 1 atom stereocenters. The summed E-state index contributed by atoms with van der Waals surface area (Å²) in [5, 5.41) is 21.3. The number of carbonyl (C=O) groups excluding carboxylic acids is 2. The quantitative estimate of drug-likeness (QED) is 0.378. The molecule has 30 heavy (non-hydrogen) atoms. The second-order valence-electron chi connectivity index (χ2n) is 6.63. The van der Waals surface area contributed by atoms with Gasteiger partial charge in [0.2, 0.25) is 0 Å². The van der Waals surface area contributed by atoms with Crippen LogP contribution in [0.25, 0.3) is 5.76 Å². The normalized spacial score (nSPS) is 18.0. The lowest BCUT2D eigenvalue weighted by Crippen LogP contribution is -2.29. The molecule has 7 nitrogen and oxygen atoms in total. The van der Waals surface area contributed by atoms with E-state index >= 15 is 0 Å². The summed E-state index contributed by atoms with van der Waals surface area (Å²) in [7, 11) is 0. The predicted molar refractivity (Wildman–Crippen MR) is 109 cm³/mol. The van der Waals surface area contributed by atoms with E-state index in [4.69, 9.17) is 9.15 Å². The van der Waals surface area contributed by atoms with Gasteiger partial charge in [0.15, 0.2) is 0 Å². The fraction of sp³-hybridized carbons (Fsp3) is 0.130. The van der Waals surface area contributed by atoms with Crippen LogP contribution in [0.4, 0.5) is 5.69 Å². The van der Waals surface area contributed by atoms with Crippen LogP contribution in [0.2, 0.25) is 0 Å². The van der Waals surface area contributed by atoms with Crippen LogP contribution in [0, 0.1) is 0 Å². The maximum atomic E-state index is 12.9. The molecule has 0 bridgehead atoms. The Morgan fingerprint density at radius 2 is 1.80 bits per heavy atom. The van der Waals surface area contributed by atoms with Gasteiger partial charge < -0.3 is 19.4 Å². The smallest absolute Gasteiger partial charge is 0.300 e. The van der Waals surface area contributed by atoms with Gasteiger partial charge >= 0.3 is 0 Å². The molecular weight excluding hydrogens is 386 g/mol. The third-order valence-electron chi connectivity index (χ3n) is 4.84. The summed E-state index contributed by atoms with van der Waals surface area (Å²) in [6.07, 6.45) is 1.41. The molecule has 1 fully saturated rings. The number of hydrogen-bond donors (Lipinski definition) is 2. The topological polar surface area (TPSA) is 100 Å². The lowest BCUT2D eigenvalue weighted by Gasteiger charge is -2.24. The number of nitrogens with zero attached hydrogens (tertiary/aromatic N) is 1. The maximum absolute atomic E-state index is 12.9. The van der Waals surface area contributed by atoms with Crippen molar-refractivity contribution in [3.63, 3.8) is 0 Å². The molecule has 1 saturated heterocycles. The Morgan fingerprint density at radius 1 is 1.07 bits per heavy atom. The second-order valence-corrected chi connectivity index (χ2v) is 6.63. The first-order valence-corrected chi connectivity index (χ1v) is 9.38. The van der Waals surface area contributed by atoms with Crippen LogP contribution in [0.15, 0.2) is 76.9 Å². The SMILES string of the molecule is CCOc1ccc(/C(O)=C2/C(=O)C(=O)N(c3ccccc3O)C2c2ccco2)cc1. The van der Waals surface area contributed by atoms with Crippen LogP contribution in [-0.4, -0.2) is 28.5 Å². The number of anilines is 1. The standard InChI is InChI=1S/C23H19NO6/c1-2-29-15-11-9-14(10-12-15)21(26)19-20(18-8-5-13-30-18)24(23(28)22(19)27)16-6-3-4-7-17(16)25/h3-13,20,25-26H,2H2,1H3/b21-19-. The molecule has 0 radical (unpaired) electrons. The number of aliphatic hydroxyl groups is 1. The van der Waals surface area contributed by atoms with Crippen LogP contribution < -0.4 is 9.64 Å². The van der Waals surface area contributed by atoms with E-state index < -0.39 is 17.7 Å². The van der Waals surface area contributed by atoms with Crippen molar-refractivity contribution in [1.82, 2.24) is 0 Å². The van der Waals surface area contributed by atoms with E-state index in [2.05, 4.69) is 0 Å². The second kappa shape index (κ2) is 7.79. The molecule has 0 aliphatic carbocycles. The molecule has 1 aromatic heterocycles. The fourth-order valence-electron chi connectivity index (χ4n) is 3.50. The van der Waals surface area contributed by atoms with E-state index in [0.717, 1.165) is 4.90 Å². The number of carbonyl (C=O) groups is 2. The zero-order valence-corrected chi connectivity index (χ0v) is 16.1. The number of ether oxygens (including phenoxy) is 1. The van der Waals surface area contributed by atoms with Crippen LogP contribution in [-0.2, 0) is 9.59 Å². The number of furan rings is 1. The van der Waals surface area contributed by atoms with E-state index in [9.17, 15) is 19.8 Å². The van der Waals surface area contributed by atoms with Crippen molar-refractivity contribution in [3.8, 4) is 11.5 Å². The van der Waals surface area contributed by atoms with Gasteiger partial charge in [-0.2, -0.15) is 0 Å². The highest BCUT2D eigenvalue weighted by Gasteiger charge is 2.49. The number of para-hydroxylation sites is 2. The minimum absolute atomic E-state index is 0.123. The fourth-order valence-corrected chi connectivity index (χ4v) is 3.50. The number of Topliss-reactive ketones (excluding diaryl/α,β-unsaturated/α-hetero) is 1. The van der Waals surface area contributed by atoms with Crippen molar-refractivity contribution in [2.45, 2.75) is 13.0 Å². The zero-order valence-electron chi connectivity index (χ0n) is 16.1. The van der Waals surface area contributed by atoms with Gasteiger partial charge in [0.25, 0.3) is 11.7 Å². The van der Waals surface area contributed by atoms with Crippen molar-refractivity contribution in [1.29, 1.82) is 0 Å². The molecule has 1 amide bonds. The van der Waals surface area contributed by atoms with Crippen molar-refractivity contribution >= 4 is 23.1 Å². The summed E-state index contributed by atoms with van der Waals surface area (Å²) in [6.45, 7) is 2.35.